The number of hydrogen-bond donors (Lipinski definition) is 1. The molecule has 0 amide bonds. The monoisotopic (exact) mass is 229 g/mol. The van der Waals surface area contributed by atoms with Crippen LogP contribution >= 0.6 is 0 Å². The van der Waals surface area contributed by atoms with Crippen LogP contribution in [0.2, 0.25) is 0 Å². The van der Waals surface area contributed by atoms with E-state index in [0.29, 0.717) is 12.0 Å². The van der Waals surface area contributed by atoms with Gasteiger partial charge in [-0.3, -0.25) is 0 Å². The molecule has 0 aromatic heterocycles. The maximum atomic E-state index is 5.68. The lowest BCUT2D eigenvalue weighted by atomic mass is 10.1. The van der Waals surface area contributed by atoms with Crippen LogP contribution in [0.1, 0.15) is 39.5 Å². The lowest BCUT2D eigenvalue weighted by Crippen LogP contribution is -2.28. The van der Waals surface area contributed by atoms with Gasteiger partial charge in [-0.2, -0.15) is 0 Å². The first kappa shape index (κ1) is 13.9. The Labute approximate surface area is 99.9 Å². The van der Waals surface area contributed by atoms with Crippen LogP contribution in [0.3, 0.4) is 0 Å². The SMILES string of the molecule is CCNC(CC)CCCOCC1CCOC1. The van der Waals surface area contributed by atoms with Crippen LogP contribution in [0, 0.1) is 5.92 Å². The molecule has 0 aromatic rings. The van der Waals surface area contributed by atoms with Crippen LogP contribution in [-0.4, -0.2) is 39.0 Å². The van der Waals surface area contributed by atoms with Gasteiger partial charge in [0.05, 0.1) is 13.2 Å². The van der Waals surface area contributed by atoms with Crippen molar-refractivity contribution in [3.8, 4) is 0 Å². The lowest BCUT2D eigenvalue weighted by molar-refractivity contribution is 0.0860. The third-order valence-corrected chi connectivity index (χ3v) is 3.20. The Hall–Kier alpha value is -0.120. The Morgan fingerprint density at radius 2 is 2.31 bits per heavy atom. The highest BCUT2D eigenvalue weighted by molar-refractivity contribution is 4.64. The molecule has 16 heavy (non-hydrogen) atoms. The average Bonchev–Trinajstić information content (AvgIpc) is 2.80. The van der Waals surface area contributed by atoms with Crippen molar-refractivity contribution >= 4 is 0 Å². The predicted molar refractivity (Wildman–Crippen MR) is 66.7 cm³/mol. The summed E-state index contributed by atoms with van der Waals surface area (Å²) >= 11 is 0. The van der Waals surface area contributed by atoms with Crippen molar-refractivity contribution in [2.75, 3.05) is 33.0 Å². The summed E-state index contributed by atoms with van der Waals surface area (Å²) in [6.45, 7) is 9.08. The fraction of sp³-hybridized carbons (Fsp3) is 1.00. The molecule has 2 unspecified atom stereocenters. The first-order valence-corrected chi connectivity index (χ1v) is 6.75. The molecule has 1 fully saturated rings. The van der Waals surface area contributed by atoms with Gasteiger partial charge in [0.25, 0.3) is 0 Å². The van der Waals surface area contributed by atoms with Crippen LogP contribution in [0.4, 0.5) is 0 Å². The molecule has 1 N–H and O–H groups in total. The van der Waals surface area contributed by atoms with Gasteiger partial charge in [-0.05, 0) is 32.2 Å². The second-order valence-corrected chi connectivity index (χ2v) is 4.61. The fourth-order valence-electron chi connectivity index (χ4n) is 2.14. The second kappa shape index (κ2) is 8.97. The topological polar surface area (TPSA) is 30.5 Å². The van der Waals surface area contributed by atoms with Gasteiger partial charge in [-0.1, -0.05) is 13.8 Å². The van der Waals surface area contributed by atoms with Gasteiger partial charge in [-0.15, -0.1) is 0 Å². The van der Waals surface area contributed by atoms with Crippen LogP contribution < -0.4 is 5.32 Å². The van der Waals surface area contributed by atoms with E-state index < -0.39 is 0 Å². The van der Waals surface area contributed by atoms with Gasteiger partial charge in [0, 0.05) is 25.2 Å². The van der Waals surface area contributed by atoms with Gasteiger partial charge in [0.2, 0.25) is 0 Å². The van der Waals surface area contributed by atoms with E-state index in [2.05, 4.69) is 19.2 Å². The number of nitrogens with one attached hydrogen (secondary N) is 1. The summed E-state index contributed by atoms with van der Waals surface area (Å²) in [6.07, 6.45) is 4.78. The molecule has 0 aromatic carbocycles. The molecule has 1 saturated heterocycles. The van der Waals surface area contributed by atoms with Crippen molar-refractivity contribution in [3.05, 3.63) is 0 Å². The highest BCUT2D eigenvalue weighted by atomic mass is 16.5. The zero-order valence-electron chi connectivity index (χ0n) is 10.8. The molecule has 0 saturated carbocycles. The second-order valence-electron chi connectivity index (χ2n) is 4.61. The van der Waals surface area contributed by atoms with Crippen molar-refractivity contribution in [1.82, 2.24) is 5.32 Å². The minimum Gasteiger partial charge on any atom is -0.381 e. The molecule has 96 valence electrons. The summed E-state index contributed by atoms with van der Waals surface area (Å²) in [5.74, 6) is 0.649. The summed E-state index contributed by atoms with van der Waals surface area (Å²) in [4.78, 5) is 0. The van der Waals surface area contributed by atoms with E-state index in [9.17, 15) is 0 Å². The zero-order chi connectivity index (χ0) is 11.6. The maximum absolute atomic E-state index is 5.68. The molecule has 0 bridgehead atoms. The fourth-order valence-corrected chi connectivity index (χ4v) is 2.14. The number of ether oxygens (including phenoxy) is 2. The zero-order valence-corrected chi connectivity index (χ0v) is 10.8. The molecule has 0 spiro atoms. The quantitative estimate of drug-likeness (QED) is 0.615. The summed E-state index contributed by atoms with van der Waals surface area (Å²) in [5.41, 5.74) is 0. The largest absolute Gasteiger partial charge is 0.381 e. The van der Waals surface area contributed by atoms with Crippen LogP contribution in [0.5, 0.6) is 0 Å². The molecule has 2 atom stereocenters. The van der Waals surface area contributed by atoms with Gasteiger partial charge in [-0.25, -0.2) is 0 Å². The smallest absolute Gasteiger partial charge is 0.0517 e. The van der Waals surface area contributed by atoms with Crippen LogP contribution in [-0.2, 0) is 9.47 Å². The normalized spacial score (nSPS) is 22.5. The standard InChI is InChI=1S/C13H27NO2/c1-3-13(14-4-2)6-5-8-15-10-12-7-9-16-11-12/h12-14H,3-11H2,1-2H3. The van der Waals surface area contributed by atoms with Crippen molar-refractivity contribution < 1.29 is 9.47 Å². The minimum atomic E-state index is 0.649. The Kier molecular flexibility index (Phi) is 7.81. The van der Waals surface area contributed by atoms with E-state index in [1.807, 2.05) is 0 Å². The average molecular weight is 229 g/mol. The van der Waals surface area contributed by atoms with E-state index >= 15 is 0 Å². The molecular formula is C13H27NO2. The van der Waals surface area contributed by atoms with Crippen molar-refractivity contribution in [2.24, 2.45) is 5.92 Å². The Morgan fingerprint density at radius 1 is 1.44 bits per heavy atom. The summed E-state index contributed by atoms with van der Waals surface area (Å²) in [7, 11) is 0. The maximum Gasteiger partial charge on any atom is 0.0517 e. The van der Waals surface area contributed by atoms with Gasteiger partial charge in [0.1, 0.15) is 0 Å². The molecule has 1 aliphatic rings. The number of hydrogen-bond acceptors (Lipinski definition) is 3. The van der Waals surface area contributed by atoms with Gasteiger partial charge in [0.15, 0.2) is 0 Å². The highest BCUT2D eigenvalue weighted by Gasteiger charge is 2.15. The molecule has 0 aliphatic carbocycles. The van der Waals surface area contributed by atoms with Crippen molar-refractivity contribution in [2.45, 2.75) is 45.6 Å². The molecule has 0 radical (unpaired) electrons. The third kappa shape index (κ3) is 5.83. The van der Waals surface area contributed by atoms with E-state index in [0.717, 1.165) is 33.0 Å². The first-order valence-electron chi connectivity index (χ1n) is 6.75. The lowest BCUT2D eigenvalue weighted by Gasteiger charge is -2.15. The van der Waals surface area contributed by atoms with Gasteiger partial charge < -0.3 is 14.8 Å². The Balaban J connectivity index is 1.89. The van der Waals surface area contributed by atoms with Crippen molar-refractivity contribution in [3.63, 3.8) is 0 Å². The predicted octanol–water partition coefficient (Wildman–Crippen LogP) is 2.21. The third-order valence-electron chi connectivity index (χ3n) is 3.20. The van der Waals surface area contributed by atoms with Crippen LogP contribution in [0.25, 0.3) is 0 Å². The van der Waals surface area contributed by atoms with E-state index in [1.165, 1.54) is 25.7 Å². The van der Waals surface area contributed by atoms with E-state index in [4.69, 9.17) is 9.47 Å². The molecule has 1 rings (SSSR count). The Morgan fingerprint density at radius 3 is 2.94 bits per heavy atom. The summed E-state index contributed by atoms with van der Waals surface area (Å²) in [6, 6.07) is 0.670. The molecule has 3 heteroatoms. The van der Waals surface area contributed by atoms with E-state index in [1.54, 1.807) is 0 Å². The molecule has 3 nitrogen and oxygen atoms in total. The molecule has 1 aliphatic heterocycles. The molecule has 1 heterocycles. The molecular weight excluding hydrogens is 202 g/mol. The Bertz CT molecular complexity index is 158. The summed E-state index contributed by atoms with van der Waals surface area (Å²) < 4.78 is 11.0. The van der Waals surface area contributed by atoms with Gasteiger partial charge >= 0.3 is 0 Å². The van der Waals surface area contributed by atoms with Crippen LogP contribution in [0.15, 0.2) is 0 Å². The van der Waals surface area contributed by atoms with Crippen molar-refractivity contribution in [1.29, 1.82) is 0 Å². The number of rotatable bonds is 9. The van der Waals surface area contributed by atoms with E-state index in [-0.39, 0.29) is 0 Å². The minimum absolute atomic E-state index is 0.649. The highest BCUT2D eigenvalue weighted by Crippen LogP contribution is 2.12. The summed E-state index contributed by atoms with van der Waals surface area (Å²) in [5, 5.41) is 3.49. The first-order chi connectivity index (χ1) is 7.86.